The van der Waals surface area contributed by atoms with E-state index in [2.05, 4.69) is 5.16 Å². The average molecular weight is 378 g/mol. The zero-order valence-corrected chi connectivity index (χ0v) is 15.7. The minimum Gasteiger partial charge on any atom is -0.356 e. The Morgan fingerprint density at radius 2 is 1.77 bits per heavy atom. The predicted molar refractivity (Wildman–Crippen MR) is 94.0 cm³/mol. The van der Waals surface area contributed by atoms with Crippen molar-refractivity contribution in [3.8, 4) is 11.3 Å². The fraction of sp³-hybridized carbons (Fsp3) is 0.500. The second-order valence-electron chi connectivity index (χ2n) is 6.82. The van der Waals surface area contributed by atoms with Crippen molar-refractivity contribution < 1.29 is 22.4 Å². The monoisotopic (exact) mass is 378 g/mol. The third-order valence-electron chi connectivity index (χ3n) is 5.02. The van der Waals surface area contributed by atoms with Crippen LogP contribution in [0, 0.1) is 13.8 Å². The highest BCUT2D eigenvalue weighted by Gasteiger charge is 2.42. The highest BCUT2D eigenvalue weighted by Crippen LogP contribution is 2.34. The second kappa shape index (κ2) is 6.45. The molecule has 2 aromatic rings. The third-order valence-corrected chi connectivity index (χ3v) is 7.06. The molecule has 2 aliphatic rings. The number of benzene rings is 1. The van der Waals surface area contributed by atoms with Crippen LogP contribution < -0.4 is 0 Å². The van der Waals surface area contributed by atoms with E-state index in [0.29, 0.717) is 60.9 Å². The molecule has 1 spiro atoms. The van der Waals surface area contributed by atoms with E-state index in [1.54, 1.807) is 25.1 Å². The fourth-order valence-corrected chi connectivity index (χ4v) is 5.22. The Kier molecular flexibility index (Phi) is 4.38. The lowest BCUT2D eigenvalue weighted by molar-refractivity contribution is -0.179. The first kappa shape index (κ1) is 17.7. The van der Waals surface area contributed by atoms with Crippen LogP contribution in [0.5, 0.6) is 0 Å². The lowest BCUT2D eigenvalue weighted by Gasteiger charge is -2.37. The number of hydrogen-bond acceptors (Lipinski definition) is 6. The molecular formula is C18H22N2O5S. The number of aryl methyl sites for hydroxylation is 2. The molecule has 140 valence electrons. The third kappa shape index (κ3) is 3.07. The Morgan fingerprint density at radius 3 is 2.38 bits per heavy atom. The van der Waals surface area contributed by atoms with Gasteiger partial charge in [-0.05, 0) is 25.5 Å². The summed E-state index contributed by atoms with van der Waals surface area (Å²) >= 11 is 0. The Balaban J connectivity index is 1.61. The highest BCUT2D eigenvalue weighted by atomic mass is 32.2. The van der Waals surface area contributed by atoms with Crippen LogP contribution in [-0.2, 0) is 19.5 Å². The van der Waals surface area contributed by atoms with Gasteiger partial charge in [0.2, 0.25) is 10.0 Å². The molecule has 0 bridgehead atoms. The summed E-state index contributed by atoms with van der Waals surface area (Å²) in [6.45, 7) is 5.54. The molecule has 8 heteroatoms. The highest BCUT2D eigenvalue weighted by molar-refractivity contribution is 7.89. The van der Waals surface area contributed by atoms with Crippen molar-refractivity contribution in [2.45, 2.75) is 37.4 Å². The summed E-state index contributed by atoms with van der Waals surface area (Å²) in [6, 6.07) is 7.10. The van der Waals surface area contributed by atoms with Crippen LogP contribution in [0.15, 0.2) is 33.7 Å². The van der Waals surface area contributed by atoms with Gasteiger partial charge in [-0.1, -0.05) is 17.3 Å². The van der Waals surface area contributed by atoms with Gasteiger partial charge in [-0.3, -0.25) is 0 Å². The van der Waals surface area contributed by atoms with Crippen LogP contribution in [0.3, 0.4) is 0 Å². The summed E-state index contributed by atoms with van der Waals surface area (Å²) in [5.74, 6) is -0.0374. The van der Waals surface area contributed by atoms with E-state index in [0.717, 1.165) is 5.69 Å². The van der Waals surface area contributed by atoms with Crippen molar-refractivity contribution >= 4 is 10.0 Å². The number of rotatable bonds is 3. The molecule has 0 unspecified atom stereocenters. The number of sulfonamides is 1. The zero-order chi connectivity index (χ0) is 18.4. The summed E-state index contributed by atoms with van der Waals surface area (Å²) < 4.78 is 44.6. The molecule has 2 saturated heterocycles. The molecule has 1 aromatic carbocycles. The van der Waals surface area contributed by atoms with Gasteiger partial charge in [-0.15, -0.1) is 0 Å². The van der Waals surface area contributed by atoms with E-state index in [9.17, 15) is 8.42 Å². The minimum atomic E-state index is -3.60. The number of piperidine rings is 1. The molecule has 2 aliphatic heterocycles. The van der Waals surface area contributed by atoms with E-state index in [4.69, 9.17) is 14.0 Å². The maximum absolute atomic E-state index is 13.2. The number of hydrogen-bond donors (Lipinski definition) is 0. The molecule has 26 heavy (non-hydrogen) atoms. The SMILES string of the molecule is Cc1cc(-c2ccc(C)c(S(=O)(=O)N3CCC4(CC3)OCCO4)c2)on1. The van der Waals surface area contributed by atoms with Crippen molar-refractivity contribution in [3.05, 3.63) is 35.5 Å². The van der Waals surface area contributed by atoms with Crippen LogP contribution in [0.2, 0.25) is 0 Å². The number of nitrogens with zero attached hydrogens (tertiary/aromatic N) is 2. The van der Waals surface area contributed by atoms with Crippen LogP contribution in [0.1, 0.15) is 24.1 Å². The van der Waals surface area contributed by atoms with Gasteiger partial charge in [0.25, 0.3) is 0 Å². The van der Waals surface area contributed by atoms with Crippen LogP contribution >= 0.6 is 0 Å². The van der Waals surface area contributed by atoms with Gasteiger partial charge in [0.05, 0.1) is 23.8 Å². The Hall–Kier alpha value is -1.74. The summed E-state index contributed by atoms with van der Waals surface area (Å²) in [5, 5.41) is 3.88. The summed E-state index contributed by atoms with van der Waals surface area (Å²) in [7, 11) is -3.60. The maximum atomic E-state index is 13.2. The maximum Gasteiger partial charge on any atom is 0.243 e. The standard InChI is InChI=1S/C18H22N2O5S/c1-13-3-4-15(16-11-14(2)19-25-16)12-17(13)26(21,22)20-7-5-18(6-8-20)23-9-10-24-18/h3-4,11-12H,5-10H2,1-2H3. The number of ether oxygens (including phenoxy) is 2. The molecule has 0 radical (unpaired) electrons. The topological polar surface area (TPSA) is 81.9 Å². The first-order valence-corrected chi connectivity index (χ1v) is 10.2. The smallest absolute Gasteiger partial charge is 0.243 e. The van der Waals surface area contributed by atoms with Crippen molar-refractivity contribution in [2.24, 2.45) is 0 Å². The Labute approximate surface area is 152 Å². The summed E-state index contributed by atoms with van der Waals surface area (Å²) in [4.78, 5) is 0.299. The van der Waals surface area contributed by atoms with Gasteiger partial charge in [0, 0.05) is 37.6 Å². The molecule has 0 N–H and O–H groups in total. The second-order valence-corrected chi connectivity index (χ2v) is 8.73. The van der Waals surface area contributed by atoms with Gasteiger partial charge >= 0.3 is 0 Å². The molecule has 0 atom stereocenters. The van der Waals surface area contributed by atoms with Gasteiger partial charge in [-0.25, -0.2) is 8.42 Å². The largest absolute Gasteiger partial charge is 0.356 e. The summed E-state index contributed by atoms with van der Waals surface area (Å²) in [5.41, 5.74) is 2.16. The minimum absolute atomic E-state index is 0.299. The van der Waals surface area contributed by atoms with Gasteiger partial charge in [0.1, 0.15) is 0 Å². The lowest BCUT2D eigenvalue weighted by atomic mass is 10.1. The van der Waals surface area contributed by atoms with Gasteiger partial charge in [-0.2, -0.15) is 4.31 Å². The molecule has 0 saturated carbocycles. The van der Waals surface area contributed by atoms with E-state index in [1.165, 1.54) is 4.31 Å². The first-order valence-electron chi connectivity index (χ1n) is 8.72. The Bertz CT molecular complexity index is 905. The van der Waals surface area contributed by atoms with Crippen molar-refractivity contribution in [2.75, 3.05) is 26.3 Å². The van der Waals surface area contributed by atoms with Crippen molar-refractivity contribution in [1.29, 1.82) is 0 Å². The zero-order valence-electron chi connectivity index (χ0n) is 14.9. The van der Waals surface area contributed by atoms with Crippen molar-refractivity contribution in [1.82, 2.24) is 9.46 Å². The number of aromatic nitrogens is 1. The predicted octanol–water partition coefficient (Wildman–Crippen LogP) is 2.49. The van der Waals surface area contributed by atoms with Crippen LogP contribution in [0.4, 0.5) is 0 Å². The molecular weight excluding hydrogens is 356 g/mol. The average Bonchev–Trinajstić information content (AvgIpc) is 3.25. The van der Waals surface area contributed by atoms with Crippen LogP contribution in [0.25, 0.3) is 11.3 Å². The molecule has 4 rings (SSSR count). The van der Waals surface area contributed by atoms with E-state index in [-0.39, 0.29) is 0 Å². The Morgan fingerprint density at radius 1 is 1.08 bits per heavy atom. The van der Waals surface area contributed by atoms with E-state index >= 15 is 0 Å². The lowest BCUT2D eigenvalue weighted by Crippen LogP contribution is -2.47. The van der Waals surface area contributed by atoms with Gasteiger partial charge < -0.3 is 14.0 Å². The molecule has 0 aliphatic carbocycles. The molecule has 3 heterocycles. The fourth-order valence-electron chi connectivity index (χ4n) is 3.52. The van der Waals surface area contributed by atoms with Gasteiger partial charge in [0.15, 0.2) is 11.5 Å². The molecule has 0 amide bonds. The molecule has 7 nitrogen and oxygen atoms in total. The van der Waals surface area contributed by atoms with Crippen LogP contribution in [-0.4, -0.2) is 50.0 Å². The normalized spacial score (nSPS) is 20.7. The quantitative estimate of drug-likeness (QED) is 0.816. The van der Waals surface area contributed by atoms with E-state index in [1.807, 2.05) is 13.0 Å². The van der Waals surface area contributed by atoms with Crippen molar-refractivity contribution in [3.63, 3.8) is 0 Å². The first-order chi connectivity index (χ1) is 12.4. The molecule has 1 aromatic heterocycles. The van der Waals surface area contributed by atoms with E-state index < -0.39 is 15.8 Å². The summed E-state index contributed by atoms with van der Waals surface area (Å²) in [6.07, 6.45) is 1.10. The molecule has 2 fully saturated rings.